The summed E-state index contributed by atoms with van der Waals surface area (Å²) in [5.41, 5.74) is 0. The van der Waals surface area contributed by atoms with Crippen molar-refractivity contribution in [3.63, 3.8) is 0 Å². The summed E-state index contributed by atoms with van der Waals surface area (Å²) in [5, 5.41) is 10.7. The molecule has 1 aromatic rings. The predicted octanol–water partition coefficient (Wildman–Crippen LogP) is -0.268. The van der Waals surface area contributed by atoms with E-state index in [-0.39, 0.29) is 5.78 Å². The van der Waals surface area contributed by atoms with Crippen molar-refractivity contribution in [2.45, 2.75) is 19.8 Å². The van der Waals surface area contributed by atoms with Crippen LogP contribution in [-0.2, 0) is 18.3 Å². The number of rotatable bonds is 3. The van der Waals surface area contributed by atoms with Gasteiger partial charge in [0.1, 0.15) is 5.78 Å². The monoisotopic (exact) mass is 154 g/mol. The minimum atomic E-state index is 0.155. The van der Waals surface area contributed by atoms with Crippen LogP contribution in [0.2, 0.25) is 0 Å². The van der Waals surface area contributed by atoms with E-state index in [0.717, 1.165) is 0 Å². The van der Waals surface area contributed by atoms with Crippen LogP contribution in [0.1, 0.15) is 19.2 Å². The quantitative estimate of drug-likeness (QED) is 0.601. The first kappa shape index (κ1) is 7.84. The summed E-state index contributed by atoms with van der Waals surface area (Å²) in [6.45, 7) is 1.83. The maximum Gasteiger partial charge on any atom is 0.158 e. The molecule has 0 spiro atoms. The average molecular weight is 154 g/mol. The van der Waals surface area contributed by atoms with Gasteiger partial charge in [0.25, 0.3) is 0 Å². The molecule has 0 saturated heterocycles. The van der Waals surface area contributed by atoms with Gasteiger partial charge in [0.2, 0.25) is 0 Å². The Labute approximate surface area is 64.4 Å². The molecule has 0 aliphatic carbocycles. The Balaban J connectivity index is 2.64. The number of tetrazole rings is 1. The number of aromatic nitrogens is 4. The summed E-state index contributed by atoms with van der Waals surface area (Å²) in [7, 11) is 1.72. The van der Waals surface area contributed by atoms with Gasteiger partial charge in [-0.25, -0.2) is 4.68 Å². The van der Waals surface area contributed by atoms with E-state index in [2.05, 4.69) is 15.5 Å². The lowest BCUT2D eigenvalue weighted by atomic mass is 10.2. The highest BCUT2D eigenvalue weighted by Crippen LogP contribution is 1.93. The first-order chi connectivity index (χ1) is 5.24. The van der Waals surface area contributed by atoms with Gasteiger partial charge in [0.15, 0.2) is 5.82 Å². The van der Waals surface area contributed by atoms with Crippen molar-refractivity contribution >= 4 is 5.78 Å². The third-order valence-electron chi connectivity index (χ3n) is 1.46. The molecule has 1 heterocycles. The standard InChI is InChI=1S/C6H10N4O/c1-3-5(11)4-6-7-8-9-10(6)2/h3-4H2,1-2H3. The molecule has 5 heteroatoms. The number of nitrogens with zero attached hydrogens (tertiary/aromatic N) is 4. The molecule has 5 nitrogen and oxygen atoms in total. The maximum atomic E-state index is 10.9. The van der Waals surface area contributed by atoms with Gasteiger partial charge in [-0.2, -0.15) is 0 Å². The second-order valence-corrected chi connectivity index (χ2v) is 2.29. The summed E-state index contributed by atoms with van der Waals surface area (Å²) in [6.07, 6.45) is 0.868. The van der Waals surface area contributed by atoms with Crippen molar-refractivity contribution in [3.05, 3.63) is 5.82 Å². The van der Waals surface area contributed by atoms with E-state index in [4.69, 9.17) is 0 Å². The molecule has 0 N–H and O–H groups in total. The number of hydrogen-bond donors (Lipinski definition) is 0. The lowest BCUT2D eigenvalue weighted by Gasteiger charge is -1.94. The molecule has 11 heavy (non-hydrogen) atoms. The zero-order chi connectivity index (χ0) is 8.27. The molecule has 0 amide bonds. The molecule has 1 rings (SSSR count). The number of carbonyl (C=O) groups excluding carboxylic acids is 1. The van der Waals surface area contributed by atoms with Crippen LogP contribution in [0.3, 0.4) is 0 Å². The zero-order valence-corrected chi connectivity index (χ0v) is 6.61. The van der Waals surface area contributed by atoms with Gasteiger partial charge in [-0.3, -0.25) is 4.79 Å². The largest absolute Gasteiger partial charge is 0.299 e. The molecule has 0 fully saturated rings. The lowest BCUT2D eigenvalue weighted by Crippen LogP contribution is -2.07. The van der Waals surface area contributed by atoms with Gasteiger partial charge in [0, 0.05) is 13.5 Å². The Kier molecular flexibility index (Phi) is 2.30. The van der Waals surface area contributed by atoms with Gasteiger partial charge in [-0.05, 0) is 10.4 Å². The molecule has 0 atom stereocenters. The molecule has 0 aromatic carbocycles. The number of ketones is 1. The van der Waals surface area contributed by atoms with Gasteiger partial charge in [0.05, 0.1) is 6.42 Å². The van der Waals surface area contributed by atoms with E-state index in [9.17, 15) is 4.79 Å². The first-order valence-electron chi connectivity index (χ1n) is 3.47. The van der Waals surface area contributed by atoms with Crippen LogP contribution in [0.15, 0.2) is 0 Å². The highest BCUT2D eigenvalue weighted by Gasteiger charge is 2.06. The highest BCUT2D eigenvalue weighted by atomic mass is 16.1. The Bertz CT molecular complexity index is 255. The van der Waals surface area contributed by atoms with Gasteiger partial charge < -0.3 is 0 Å². The van der Waals surface area contributed by atoms with Crippen LogP contribution < -0.4 is 0 Å². The van der Waals surface area contributed by atoms with Crippen molar-refractivity contribution in [1.82, 2.24) is 20.2 Å². The van der Waals surface area contributed by atoms with Crippen molar-refractivity contribution < 1.29 is 4.79 Å². The fraction of sp³-hybridized carbons (Fsp3) is 0.667. The molecular formula is C6H10N4O. The summed E-state index contributed by atoms with van der Waals surface area (Å²) < 4.78 is 1.51. The molecule has 0 unspecified atom stereocenters. The van der Waals surface area contributed by atoms with Crippen LogP contribution in [0, 0.1) is 0 Å². The lowest BCUT2D eigenvalue weighted by molar-refractivity contribution is -0.118. The smallest absolute Gasteiger partial charge is 0.158 e. The molecule has 0 aliphatic heterocycles. The number of hydrogen-bond acceptors (Lipinski definition) is 4. The van der Waals surface area contributed by atoms with Gasteiger partial charge in [-0.1, -0.05) is 6.92 Å². The molecule has 1 aromatic heterocycles. The van der Waals surface area contributed by atoms with Crippen molar-refractivity contribution in [1.29, 1.82) is 0 Å². The fourth-order valence-corrected chi connectivity index (χ4v) is 0.699. The maximum absolute atomic E-state index is 10.9. The molecule has 0 bridgehead atoms. The van der Waals surface area contributed by atoms with Crippen LogP contribution >= 0.6 is 0 Å². The normalized spacial score (nSPS) is 10.0. The average Bonchev–Trinajstić information content (AvgIpc) is 2.37. The van der Waals surface area contributed by atoms with Crippen LogP contribution in [-0.4, -0.2) is 26.0 Å². The van der Waals surface area contributed by atoms with E-state index >= 15 is 0 Å². The fourth-order valence-electron chi connectivity index (χ4n) is 0.699. The molecule has 0 aliphatic rings. The van der Waals surface area contributed by atoms with Crippen molar-refractivity contribution in [3.8, 4) is 0 Å². The van der Waals surface area contributed by atoms with Crippen LogP contribution in [0.4, 0.5) is 0 Å². The topological polar surface area (TPSA) is 60.7 Å². The highest BCUT2D eigenvalue weighted by molar-refractivity contribution is 5.79. The summed E-state index contributed by atoms with van der Waals surface area (Å²) in [4.78, 5) is 10.9. The van der Waals surface area contributed by atoms with Crippen LogP contribution in [0.5, 0.6) is 0 Å². The van der Waals surface area contributed by atoms with E-state index in [1.165, 1.54) is 4.68 Å². The van der Waals surface area contributed by atoms with Crippen molar-refractivity contribution in [2.24, 2.45) is 7.05 Å². The Morgan fingerprint density at radius 2 is 2.36 bits per heavy atom. The second kappa shape index (κ2) is 3.23. The predicted molar refractivity (Wildman–Crippen MR) is 37.8 cm³/mol. The minimum Gasteiger partial charge on any atom is -0.299 e. The molecular weight excluding hydrogens is 144 g/mol. The first-order valence-corrected chi connectivity index (χ1v) is 3.47. The van der Waals surface area contributed by atoms with E-state index in [0.29, 0.717) is 18.7 Å². The third kappa shape index (κ3) is 1.83. The zero-order valence-electron chi connectivity index (χ0n) is 6.61. The van der Waals surface area contributed by atoms with Crippen LogP contribution in [0.25, 0.3) is 0 Å². The molecule has 0 saturated carbocycles. The molecule has 0 radical (unpaired) electrons. The van der Waals surface area contributed by atoms with Gasteiger partial charge in [-0.15, -0.1) is 5.10 Å². The Morgan fingerprint density at radius 3 is 2.82 bits per heavy atom. The number of carbonyl (C=O) groups is 1. The SMILES string of the molecule is CCC(=O)Cc1nnnn1C. The number of Topliss-reactive ketones (excluding diaryl/α,β-unsaturated/α-hetero) is 1. The molecule has 60 valence electrons. The summed E-state index contributed by atoms with van der Waals surface area (Å²) in [5.74, 6) is 0.778. The summed E-state index contributed by atoms with van der Waals surface area (Å²) in [6, 6.07) is 0. The minimum absolute atomic E-state index is 0.155. The van der Waals surface area contributed by atoms with E-state index in [1.54, 1.807) is 7.05 Å². The van der Waals surface area contributed by atoms with E-state index in [1.807, 2.05) is 6.92 Å². The Morgan fingerprint density at radius 1 is 1.64 bits per heavy atom. The second-order valence-electron chi connectivity index (χ2n) is 2.29. The van der Waals surface area contributed by atoms with Gasteiger partial charge >= 0.3 is 0 Å². The summed E-state index contributed by atoms with van der Waals surface area (Å²) >= 11 is 0. The van der Waals surface area contributed by atoms with E-state index < -0.39 is 0 Å². The third-order valence-corrected chi connectivity index (χ3v) is 1.46. The van der Waals surface area contributed by atoms with Crippen molar-refractivity contribution in [2.75, 3.05) is 0 Å². The Hall–Kier alpha value is -1.26. The number of aryl methyl sites for hydroxylation is 1.